The Balaban J connectivity index is 2.44. The van der Waals surface area contributed by atoms with Crippen LogP contribution >= 0.6 is 11.8 Å². The highest BCUT2D eigenvalue weighted by Gasteiger charge is 2.26. The third-order valence-corrected chi connectivity index (χ3v) is 3.93. The van der Waals surface area contributed by atoms with Crippen molar-refractivity contribution >= 4 is 17.7 Å². The van der Waals surface area contributed by atoms with E-state index in [0.717, 1.165) is 13.1 Å². The summed E-state index contributed by atoms with van der Waals surface area (Å²) in [6.45, 7) is 8.79. The summed E-state index contributed by atoms with van der Waals surface area (Å²) in [5.74, 6) is 0.574. The lowest BCUT2D eigenvalue weighted by molar-refractivity contribution is -0.132. The Hall–Kier alpha value is -0.220. The highest BCUT2D eigenvalue weighted by Crippen LogP contribution is 2.25. The first-order chi connectivity index (χ1) is 7.02. The lowest BCUT2D eigenvalue weighted by Crippen LogP contribution is -2.44. The summed E-state index contributed by atoms with van der Waals surface area (Å²) >= 11 is 1.97. The van der Waals surface area contributed by atoms with E-state index in [1.54, 1.807) is 0 Å². The molecule has 0 aromatic rings. The number of hydrogen-bond acceptors (Lipinski definition) is 3. The Kier molecular flexibility index (Phi) is 4.93. The standard InChI is InChI=1S/C11H22N2OS/c1-8(5-12)4-11(14)13-6-9(2)15-10(3)7-13/h8-10H,4-7,12H2,1-3H3. The first-order valence-electron chi connectivity index (χ1n) is 5.66. The number of thioether (sulfide) groups is 1. The number of amides is 1. The second kappa shape index (κ2) is 5.75. The van der Waals surface area contributed by atoms with E-state index in [9.17, 15) is 4.79 Å². The van der Waals surface area contributed by atoms with Gasteiger partial charge in [0.1, 0.15) is 0 Å². The zero-order chi connectivity index (χ0) is 11.4. The van der Waals surface area contributed by atoms with Crippen molar-refractivity contribution in [1.82, 2.24) is 4.90 Å². The minimum absolute atomic E-state index is 0.270. The molecule has 3 nitrogen and oxygen atoms in total. The summed E-state index contributed by atoms with van der Waals surface area (Å²) in [5, 5.41) is 1.12. The van der Waals surface area contributed by atoms with E-state index in [1.165, 1.54) is 0 Å². The summed E-state index contributed by atoms with van der Waals surface area (Å²) < 4.78 is 0. The van der Waals surface area contributed by atoms with Crippen LogP contribution in [0.3, 0.4) is 0 Å². The number of nitrogens with zero attached hydrogens (tertiary/aromatic N) is 1. The average molecular weight is 230 g/mol. The quantitative estimate of drug-likeness (QED) is 0.795. The molecular weight excluding hydrogens is 208 g/mol. The van der Waals surface area contributed by atoms with Crippen molar-refractivity contribution in [2.24, 2.45) is 11.7 Å². The molecule has 0 aliphatic carbocycles. The molecule has 1 heterocycles. The number of carbonyl (C=O) groups is 1. The minimum Gasteiger partial charge on any atom is -0.340 e. The van der Waals surface area contributed by atoms with Gasteiger partial charge in [0.2, 0.25) is 5.91 Å². The van der Waals surface area contributed by atoms with Gasteiger partial charge in [0.15, 0.2) is 0 Å². The highest BCUT2D eigenvalue weighted by molar-refractivity contribution is 8.00. The maximum atomic E-state index is 11.9. The molecular formula is C11H22N2OS. The van der Waals surface area contributed by atoms with Gasteiger partial charge >= 0.3 is 0 Å². The van der Waals surface area contributed by atoms with Gasteiger partial charge in [-0.25, -0.2) is 0 Å². The molecule has 3 atom stereocenters. The zero-order valence-corrected chi connectivity index (χ0v) is 10.7. The van der Waals surface area contributed by atoms with Gasteiger partial charge < -0.3 is 10.6 Å². The maximum absolute atomic E-state index is 11.9. The van der Waals surface area contributed by atoms with Crippen LogP contribution in [0.4, 0.5) is 0 Å². The molecule has 3 unspecified atom stereocenters. The first kappa shape index (κ1) is 12.8. The Morgan fingerprint density at radius 2 is 2.00 bits per heavy atom. The molecule has 0 bridgehead atoms. The van der Waals surface area contributed by atoms with E-state index in [0.29, 0.717) is 29.4 Å². The van der Waals surface area contributed by atoms with Crippen LogP contribution in [0.1, 0.15) is 27.2 Å². The van der Waals surface area contributed by atoms with Crippen LogP contribution in [0.15, 0.2) is 0 Å². The van der Waals surface area contributed by atoms with Gasteiger partial charge in [-0.05, 0) is 12.5 Å². The molecule has 15 heavy (non-hydrogen) atoms. The molecule has 88 valence electrons. The SMILES string of the molecule is CC(CN)CC(=O)N1CC(C)SC(C)C1. The summed E-state index contributed by atoms with van der Waals surface area (Å²) in [5.41, 5.74) is 5.53. The van der Waals surface area contributed by atoms with Crippen molar-refractivity contribution in [3.05, 3.63) is 0 Å². The normalized spacial score (nSPS) is 28.9. The van der Waals surface area contributed by atoms with Gasteiger partial charge in [0, 0.05) is 30.0 Å². The van der Waals surface area contributed by atoms with E-state index in [1.807, 2.05) is 23.6 Å². The van der Waals surface area contributed by atoms with Crippen LogP contribution < -0.4 is 5.73 Å². The molecule has 1 saturated heterocycles. The van der Waals surface area contributed by atoms with Crippen LogP contribution in [0.5, 0.6) is 0 Å². The smallest absolute Gasteiger partial charge is 0.222 e. The third kappa shape index (κ3) is 4.03. The van der Waals surface area contributed by atoms with Gasteiger partial charge in [-0.3, -0.25) is 4.79 Å². The van der Waals surface area contributed by atoms with Crippen molar-refractivity contribution < 1.29 is 4.79 Å². The van der Waals surface area contributed by atoms with Crippen LogP contribution in [0, 0.1) is 5.92 Å². The molecule has 0 radical (unpaired) electrons. The van der Waals surface area contributed by atoms with Crippen molar-refractivity contribution in [1.29, 1.82) is 0 Å². The second-order valence-electron chi connectivity index (χ2n) is 4.60. The van der Waals surface area contributed by atoms with Crippen molar-refractivity contribution in [2.45, 2.75) is 37.7 Å². The molecule has 1 aliphatic heterocycles. The Morgan fingerprint density at radius 3 is 2.47 bits per heavy atom. The van der Waals surface area contributed by atoms with Gasteiger partial charge in [0.25, 0.3) is 0 Å². The third-order valence-electron chi connectivity index (χ3n) is 2.70. The number of carbonyl (C=O) groups excluding carboxylic acids is 1. The largest absolute Gasteiger partial charge is 0.340 e. The first-order valence-corrected chi connectivity index (χ1v) is 6.60. The molecule has 2 N–H and O–H groups in total. The van der Waals surface area contributed by atoms with Gasteiger partial charge in [-0.1, -0.05) is 20.8 Å². The number of rotatable bonds is 3. The van der Waals surface area contributed by atoms with E-state index in [2.05, 4.69) is 13.8 Å². The molecule has 1 rings (SSSR count). The van der Waals surface area contributed by atoms with Crippen LogP contribution in [0.2, 0.25) is 0 Å². The van der Waals surface area contributed by atoms with Crippen LogP contribution in [-0.2, 0) is 4.79 Å². The van der Waals surface area contributed by atoms with Gasteiger partial charge in [0.05, 0.1) is 0 Å². The molecule has 0 saturated carbocycles. The predicted molar refractivity (Wildman–Crippen MR) is 65.9 cm³/mol. The average Bonchev–Trinajstić information content (AvgIpc) is 2.16. The Labute approximate surface area is 96.8 Å². The Morgan fingerprint density at radius 1 is 1.47 bits per heavy atom. The molecule has 4 heteroatoms. The van der Waals surface area contributed by atoms with Crippen LogP contribution in [-0.4, -0.2) is 40.9 Å². The van der Waals surface area contributed by atoms with E-state index >= 15 is 0 Å². The van der Waals surface area contributed by atoms with E-state index < -0.39 is 0 Å². The van der Waals surface area contributed by atoms with Crippen molar-refractivity contribution in [3.8, 4) is 0 Å². The highest BCUT2D eigenvalue weighted by atomic mass is 32.2. The fourth-order valence-corrected chi connectivity index (χ4v) is 3.22. The summed E-state index contributed by atoms with van der Waals surface area (Å²) in [4.78, 5) is 13.9. The fraction of sp³-hybridized carbons (Fsp3) is 0.909. The molecule has 0 spiro atoms. The van der Waals surface area contributed by atoms with E-state index in [-0.39, 0.29) is 5.91 Å². The second-order valence-corrected chi connectivity index (χ2v) is 6.48. The number of nitrogens with two attached hydrogens (primary N) is 1. The summed E-state index contributed by atoms with van der Waals surface area (Å²) in [6, 6.07) is 0. The molecule has 1 fully saturated rings. The monoisotopic (exact) mass is 230 g/mol. The Bertz CT molecular complexity index is 213. The topological polar surface area (TPSA) is 46.3 Å². The molecule has 1 amide bonds. The van der Waals surface area contributed by atoms with Crippen molar-refractivity contribution in [2.75, 3.05) is 19.6 Å². The lowest BCUT2D eigenvalue weighted by atomic mass is 10.1. The van der Waals surface area contributed by atoms with Gasteiger partial charge in [-0.15, -0.1) is 0 Å². The molecule has 0 aromatic carbocycles. The minimum atomic E-state index is 0.270. The maximum Gasteiger partial charge on any atom is 0.222 e. The van der Waals surface area contributed by atoms with Crippen LogP contribution in [0.25, 0.3) is 0 Å². The molecule has 1 aliphatic rings. The summed E-state index contributed by atoms with van der Waals surface area (Å²) in [7, 11) is 0. The van der Waals surface area contributed by atoms with Crippen molar-refractivity contribution in [3.63, 3.8) is 0 Å². The lowest BCUT2D eigenvalue weighted by Gasteiger charge is -2.35. The van der Waals surface area contributed by atoms with E-state index in [4.69, 9.17) is 5.73 Å². The zero-order valence-electron chi connectivity index (χ0n) is 9.90. The summed E-state index contributed by atoms with van der Waals surface area (Å²) in [6.07, 6.45) is 0.598. The molecule has 0 aromatic heterocycles. The number of hydrogen-bond donors (Lipinski definition) is 1. The predicted octanol–water partition coefficient (Wildman–Crippen LogP) is 1.32. The fourth-order valence-electron chi connectivity index (χ4n) is 1.89. The van der Waals surface area contributed by atoms with Gasteiger partial charge in [-0.2, -0.15) is 11.8 Å².